The third-order valence-corrected chi connectivity index (χ3v) is 5.67. The molecule has 0 aliphatic rings. The van der Waals surface area contributed by atoms with Gasteiger partial charge in [0.1, 0.15) is 0 Å². The van der Waals surface area contributed by atoms with Gasteiger partial charge in [-0.15, -0.1) is 0 Å². The number of fused-ring (bicyclic) bond motifs is 1. The molecule has 2 aromatic carbocycles. The van der Waals surface area contributed by atoms with Gasteiger partial charge in [0.2, 0.25) is 0 Å². The maximum atomic E-state index is 12.4. The molecule has 3 aromatic rings. The van der Waals surface area contributed by atoms with Crippen LogP contribution in [0.1, 0.15) is 16.8 Å². The summed E-state index contributed by atoms with van der Waals surface area (Å²) in [6.45, 7) is 5.19. The molecule has 4 nitrogen and oxygen atoms in total. The maximum Gasteiger partial charge on any atom is 0.262 e. The van der Waals surface area contributed by atoms with Crippen molar-refractivity contribution in [2.75, 3.05) is 11.9 Å². The van der Waals surface area contributed by atoms with Gasteiger partial charge in [-0.2, -0.15) is 0 Å². The lowest BCUT2D eigenvalue weighted by molar-refractivity contribution is -0.118. The highest BCUT2D eigenvalue weighted by molar-refractivity contribution is 6.42. The monoisotopic (exact) mass is 422 g/mol. The first kappa shape index (κ1) is 19.7. The van der Waals surface area contributed by atoms with E-state index in [-0.39, 0.29) is 18.3 Å². The second kappa shape index (κ2) is 7.93. The lowest BCUT2D eigenvalue weighted by Crippen LogP contribution is -2.20. The molecule has 1 heterocycles. The lowest BCUT2D eigenvalue weighted by atomic mass is 10.1. The number of nitrogens with one attached hydrogen (secondary N) is 1. The Bertz CT molecular complexity index is 1020. The van der Waals surface area contributed by atoms with Crippen molar-refractivity contribution in [2.45, 2.75) is 20.8 Å². The number of anilines is 1. The molecule has 0 spiro atoms. The Labute approximate surface area is 172 Å². The summed E-state index contributed by atoms with van der Waals surface area (Å²) < 4.78 is 5.60. The normalized spacial score (nSPS) is 10.9. The minimum absolute atomic E-state index is 0.248. The number of amides is 1. The van der Waals surface area contributed by atoms with Crippen LogP contribution in [0.4, 0.5) is 5.69 Å². The van der Waals surface area contributed by atoms with Gasteiger partial charge >= 0.3 is 0 Å². The molecule has 7 heteroatoms. The van der Waals surface area contributed by atoms with Crippen LogP contribution in [0, 0.1) is 20.8 Å². The summed E-state index contributed by atoms with van der Waals surface area (Å²) in [5, 5.41) is 4.84. The molecule has 1 aromatic heterocycles. The third kappa shape index (κ3) is 3.98. The molecule has 0 radical (unpaired) electrons. The van der Waals surface area contributed by atoms with Gasteiger partial charge in [-0.1, -0.05) is 53.0 Å². The van der Waals surface area contributed by atoms with E-state index in [2.05, 4.69) is 10.3 Å². The molecule has 0 aliphatic heterocycles. The summed E-state index contributed by atoms with van der Waals surface area (Å²) in [4.78, 5) is 16.9. The van der Waals surface area contributed by atoms with Gasteiger partial charge in [0.05, 0.1) is 21.2 Å². The highest BCUT2D eigenvalue weighted by atomic mass is 35.5. The molecule has 1 amide bonds. The molecule has 0 unspecified atom stereocenters. The SMILES string of the molecule is Cc1ccc2cccc(NC(=O)COc3c(Cl)c(C)c(Cl)c(C)c3Cl)c2n1. The van der Waals surface area contributed by atoms with Crippen LogP contribution in [-0.2, 0) is 4.79 Å². The molecule has 3 rings (SSSR count). The Balaban J connectivity index is 1.80. The van der Waals surface area contributed by atoms with Crippen LogP contribution in [0.3, 0.4) is 0 Å². The number of hydrogen-bond acceptors (Lipinski definition) is 3. The second-order valence-corrected chi connectivity index (χ2v) is 7.32. The molecule has 0 fully saturated rings. The molecule has 0 bridgehead atoms. The topological polar surface area (TPSA) is 51.2 Å². The number of carbonyl (C=O) groups excluding carboxylic acids is 1. The van der Waals surface area contributed by atoms with Crippen LogP contribution in [-0.4, -0.2) is 17.5 Å². The molecule has 0 saturated carbocycles. The van der Waals surface area contributed by atoms with E-state index in [4.69, 9.17) is 39.5 Å². The highest BCUT2D eigenvalue weighted by Gasteiger charge is 2.19. The number of pyridine rings is 1. The average molecular weight is 424 g/mol. The summed E-state index contributed by atoms with van der Waals surface area (Å²) >= 11 is 18.7. The standard InChI is InChI=1S/C20H17Cl3N2O2/c1-10-7-8-13-5-4-6-14(19(13)24-10)25-15(26)9-27-20-17(22)11(2)16(21)12(3)18(20)23/h4-8H,9H2,1-3H3,(H,25,26). The summed E-state index contributed by atoms with van der Waals surface area (Å²) in [5.41, 5.74) is 3.52. The fourth-order valence-corrected chi connectivity index (χ4v) is 3.53. The van der Waals surface area contributed by atoms with E-state index >= 15 is 0 Å². The zero-order chi connectivity index (χ0) is 19.7. The molecular formula is C20H17Cl3N2O2. The molecule has 27 heavy (non-hydrogen) atoms. The Morgan fingerprint density at radius 2 is 1.67 bits per heavy atom. The van der Waals surface area contributed by atoms with E-state index in [0.29, 0.717) is 31.9 Å². The second-order valence-electron chi connectivity index (χ2n) is 6.19. The number of ether oxygens (including phenoxy) is 1. The van der Waals surface area contributed by atoms with E-state index in [0.717, 1.165) is 16.6 Å². The van der Waals surface area contributed by atoms with Crippen molar-refractivity contribution in [1.82, 2.24) is 4.98 Å². The maximum absolute atomic E-state index is 12.4. The van der Waals surface area contributed by atoms with Crippen LogP contribution in [0.2, 0.25) is 15.1 Å². The van der Waals surface area contributed by atoms with Gasteiger partial charge in [0.15, 0.2) is 12.4 Å². The molecule has 0 aliphatic carbocycles. The van der Waals surface area contributed by atoms with Crippen LogP contribution >= 0.6 is 34.8 Å². The van der Waals surface area contributed by atoms with E-state index in [1.54, 1.807) is 19.9 Å². The van der Waals surface area contributed by atoms with Crippen LogP contribution in [0.25, 0.3) is 10.9 Å². The smallest absolute Gasteiger partial charge is 0.262 e. The zero-order valence-corrected chi connectivity index (χ0v) is 17.3. The van der Waals surface area contributed by atoms with Gasteiger partial charge < -0.3 is 10.1 Å². The van der Waals surface area contributed by atoms with Crippen molar-refractivity contribution >= 4 is 57.3 Å². The predicted molar refractivity (Wildman–Crippen MR) is 112 cm³/mol. The number of hydrogen-bond donors (Lipinski definition) is 1. The largest absolute Gasteiger partial charge is 0.481 e. The minimum atomic E-state index is -0.344. The van der Waals surface area contributed by atoms with Crippen LogP contribution in [0.15, 0.2) is 30.3 Å². The fraction of sp³-hybridized carbons (Fsp3) is 0.200. The van der Waals surface area contributed by atoms with Gasteiger partial charge in [0.25, 0.3) is 5.91 Å². The first-order valence-electron chi connectivity index (χ1n) is 8.22. The van der Waals surface area contributed by atoms with E-state index < -0.39 is 0 Å². The Morgan fingerprint density at radius 1 is 1.00 bits per heavy atom. The predicted octanol–water partition coefficient (Wildman–Crippen LogP) is 6.14. The Morgan fingerprint density at radius 3 is 2.33 bits per heavy atom. The van der Waals surface area contributed by atoms with E-state index in [1.165, 1.54) is 0 Å². The van der Waals surface area contributed by atoms with Crippen molar-refractivity contribution in [1.29, 1.82) is 0 Å². The molecule has 0 saturated heterocycles. The summed E-state index contributed by atoms with van der Waals surface area (Å²) in [6.07, 6.45) is 0. The third-order valence-electron chi connectivity index (χ3n) is 4.20. The lowest BCUT2D eigenvalue weighted by Gasteiger charge is -2.15. The van der Waals surface area contributed by atoms with E-state index in [1.807, 2.05) is 31.2 Å². The van der Waals surface area contributed by atoms with Gasteiger partial charge in [-0.05, 0) is 44.0 Å². The average Bonchev–Trinajstić information content (AvgIpc) is 2.65. The first-order valence-corrected chi connectivity index (χ1v) is 9.35. The molecule has 140 valence electrons. The van der Waals surface area contributed by atoms with Crippen LogP contribution in [0.5, 0.6) is 5.75 Å². The number of carbonyl (C=O) groups is 1. The van der Waals surface area contributed by atoms with Crippen molar-refractivity contribution in [3.63, 3.8) is 0 Å². The molecular weight excluding hydrogens is 407 g/mol. The van der Waals surface area contributed by atoms with Crippen LogP contribution < -0.4 is 10.1 Å². The highest BCUT2D eigenvalue weighted by Crippen LogP contribution is 2.42. The fourth-order valence-electron chi connectivity index (χ4n) is 2.71. The van der Waals surface area contributed by atoms with Crippen molar-refractivity contribution in [3.05, 3.63) is 62.2 Å². The number of benzene rings is 2. The molecule has 0 atom stereocenters. The van der Waals surface area contributed by atoms with Gasteiger partial charge in [0, 0.05) is 16.1 Å². The number of halogens is 3. The summed E-state index contributed by atoms with van der Waals surface area (Å²) in [6, 6.07) is 9.47. The number of para-hydroxylation sites is 1. The Kier molecular flexibility index (Phi) is 5.80. The molecule has 1 N–H and O–H groups in total. The van der Waals surface area contributed by atoms with Gasteiger partial charge in [-0.3, -0.25) is 9.78 Å². The number of aryl methyl sites for hydroxylation is 1. The number of rotatable bonds is 4. The zero-order valence-electron chi connectivity index (χ0n) is 15.0. The van der Waals surface area contributed by atoms with Gasteiger partial charge in [-0.25, -0.2) is 0 Å². The van der Waals surface area contributed by atoms with Crippen molar-refractivity contribution in [3.8, 4) is 5.75 Å². The van der Waals surface area contributed by atoms with Crippen molar-refractivity contribution in [2.24, 2.45) is 0 Å². The quantitative estimate of drug-likeness (QED) is 0.548. The summed E-state index contributed by atoms with van der Waals surface area (Å²) in [7, 11) is 0. The van der Waals surface area contributed by atoms with Crippen molar-refractivity contribution < 1.29 is 9.53 Å². The number of nitrogens with zero attached hydrogens (tertiary/aromatic N) is 1. The summed E-state index contributed by atoms with van der Waals surface area (Å²) in [5.74, 6) is -0.0945. The Hall–Kier alpha value is -2.01. The number of aromatic nitrogens is 1. The first-order chi connectivity index (χ1) is 12.8. The van der Waals surface area contributed by atoms with E-state index in [9.17, 15) is 4.79 Å². The minimum Gasteiger partial charge on any atom is -0.481 e.